The number of alkyl halides is 2. The molecule has 23 heavy (non-hydrogen) atoms. The lowest BCUT2D eigenvalue weighted by Crippen LogP contribution is -2.25. The van der Waals surface area contributed by atoms with Crippen LogP contribution in [0.1, 0.15) is 18.1 Å². The van der Waals surface area contributed by atoms with Crippen molar-refractivity contribution in [3.63, 3.8) is 0 Å². The third-order valence-corrected chi connectivity index (χ3v) is 3.21. The average Bonchev–Trinajstić information content (AvgIpc) is 3.10. The van der Waals surface area contributed by atoms with Gasteiger partial charge in [0.1, 0.15) is 6.33 Å². The molecule has 0 saturated carbocycles. The number of rotatable bonds is 2. The normalized spacial score (nSPS) is 20.8. The summed E-state index contributed by atoms with van der Waals surface area (Å²) in [7, 11) is 0. The first-order chi connectivity index (χ1) is 11.1. The van der Waals surface area contributed by atoms with Crippen LogP contribution in [0.25, 0.3) is 0 Å². The Bertz CT molecular complexity index is 770. The molecule has 0 saturated heterocycles. The Morgan fingerprint density at radius 3 is 2.74 bits per heavy atom. The SMILES string of the molecule is FC1(F)Oc2ccc(C3CC(Oc4cncnc4)=NO3)cc2O1. The first-order valence-electron chi connectivity index (χ1n) is 6.64. The molecule has 0 aliphatic carbocycles. The van der Waals surface area contributed by atoms with Gasteiger partial charge in [0.05, 0.1) is 18.8 Å². The molecule has 0 radical (unpaired) electrons. The third-order valence-electron chi connectivity index (χ3n) is 3.21. The van der Waals surface area contributed by atoms with E-state index in [0.717, 1.165) is 0 Å². The minimum Gasteiger partial charge on any atom is -0.436 e. The molecule has 1 unspecified atom stereocenters. The predicted molar refractivity (Wildman–Crippen MR) is 71.2 cm³/mol. The van der Waals surface area contributed by atoms with Crippen molar-refractivity contribution in [1.82, 2.24) is 9.97 Å². The Labute approximate surface area is 128 Å². The average molecular weight is 321 g/mol. The van der Waals surface area contributed by atoms with Gasteiger partial charge in [0.2, 0.25) is 5.90 Å². The Morgan fingerprint density at radius 1 is 1.13 bits per heavy atom. The second-order valence-corrected chi connectivity index (χ2v) is 4.83. The first-order valence-corrected chi connectivity index (χ1v) is 6.64. The molecule has 0 N–H and O–H groups in total. The quantitative estimate of drug-likeness (QED) is 0.846. The monoisotopic (exact) mass is 321 g/mol. The van der Waals surface area contributed by atoms with E-state index in [2.05, 4.69) is 24.6 Å². The van der Waals surface area contributed by atoms with Crippen molar-refractivity contribution >= 4 is 5.90 Å². The van der Waals surface area contributed by atoms with Gasteiger partial charge in [-0.15, -0.1) is 8.78 Å². The highest BCUT2D eigenvalue weighted by Gasteiger charge is 2.43. The van der Waals surface area contributed by atoms with Crippen LogP contribution < -0.4 is 14.2 Å². The molecule has 0 bridgehead atoms. The number of benzene rings is 1. The van der Waals surface area contributed by atoms with E-state index < -0.39 is 12.4 Å². The highest BCUT2D eigenvalue weighted by molar-refractivity contribution is 5.79. The number of hydrogen-bond donors (Lipinski definition) is 0. The molecule has 1 aromatic heterocycles. The largest absolute Gasteiger partial charge is 0.586 e. The van der Waals surface area contributed by atoms with Crippen molar-refractivity contribution in [2.75, 3.05) is 0 Å². The number of nitrogens with zero attached hydrogens (tertiary/aromatic N) is 3. The van der Waals surface area contributed by atoms with Gasteiger partial charge in [0.15, 0.2) is 23.4 Å². The summed E-state index contributed by atoms with van der Waals surface area (Å²) in [5.74, 6) is 0.714. The van der Waals surface area contributed by atoms with Crippen LogP contribution in [0.5, 0.6) is 17.2 Å². The molecule has 1 aromatic carbocycles. The van der Waals surface area contributed by atoms with Crippen molar-refractivity contribution in [3.05, 3.63) is 42.5 Å². The third kappa shape index (κ3) is 2.72. The van der Waals surface area contributed by atoms with Crippen LogP contribution in [0, 0.1) is 0 Å². The zero-order valence-electron chi connectivity index (χ0n) is 11.5. The van der Waals surface area contributed by atoms with E-state index in [4.69, 9.17) is 9.57 Å². The molecule has 4 rings (SSSR count). The van der Waals surface area contributed by atoms with Crippen molar-refractivity contribution in [3.8, 4) is 17.2 Å². The predicted octanol–water partition coefficient (Wildman–Crippen LogP) is 2.65. The van der Waals surface area contributed by atoms with Gasteiger partial charge >= 0.3 is 6.29 Å². The van der Waals surface area contributed by atoms with E-state index in [-0.39, 0.29) is 11.5 Å². The van der Waals surface area contributed by atoms with Crippen molar-refractivity contribution in [1.29, 1.82) is 0 Å². The molecule has 7 nitrogen and oxygen atoms in total. The van der Waals surface area contributed by atoms with Crippen molar-refractivity contribution in [2.24, 2.45) is 5.16 Å². The molecule has 0 spiro atoms. The minimum absolute atomic E-state index is 0.0180. The number of hydrogen-bond acceptors (Lipinski definition) is 7. The first kappa shape index (κ1) is 13.7. The summed E-state index contributed by atoms with van der Waals surface area (Å²) in [4.78, 5) is 12.9. The molecule has 2 aliphatic heterocycles. The molecule has 3 heterocycles. The fourth-order valence-electron chi connectivity index (χ4n) is 2.23. The minimum atomic E-state index is -3.64. The molecule has 0 amide bonds. The van der Waals surface area contributed by atoms with Gasteiger partial charge in [-0.1, -0.05) is 11.2 Å². The lowest BCUT2D eigenvalue weighted by molar-refractivity contribution is -0.286. The van der Waals surface area contributed by atoms with Crippen molar-refractivity contribution in [2.45, 2.75) is 18.8 Å². The van der Waals surface area contributed by atoms with Crippen LogP contribution in [0.2, 0.25) is 0 Å². The Morgan fingerprint density at radius 2 is 1.91 bits per heavy atom. The maximum absolute atomic E-state index is 13.0. The number of ether oxygens (including phenoxy) is 3. The van der Waals surface area contributed by atoms with E-state index >= 15 is 0 Å². The van der Waals surface area contributed by atoms with E-state index in [9.17, 15) is 8.78 Å². The highest BCUT2D eigenvalue weighted by atomic mass is 19.3. The number of oxime groups is 1. The van der Waals surface area contributed by atoms with Gasteiger partial charge in [0.25, 0.3) is 0 Å². The summed E-state index contributed by atoms with van der Waals surface area (Å²) >= 11 is 0. The van der Waals surface area contributed by atoms with Gasteiger partial charge < -0.3 is 19.0 Å². The summed E-state index contributed by atoms with van der Waals surface area (Å²) < 4.78 is 40.3. The van der Waals surface area contributed by atoms with E-state index in [1.54, 1.807) is 6.07 Å². The molecule has 118 valence electrons. The lowest BCUT2D eigenvalue weighted by atomic mass is 10.1. The number of aromatic nitrogens is 2. The van der Waals surface area contributed by atoms with Gasteiger partial charge in [-0.2, -0.15) is 0 Å². The summed E-state index contributed by atoms with van der Waals surface area (Å²) in [6.07, 6.45) is 0.598. The van der Waals surface area contributed by atoms with Crippen LogP contribution in [0.4, 0.5) is 8.78 Å². The van der Waals surface area contributed by atoms with Gasteiger partial charge in [-0.05, 0) is 17.7 Å². The van der Waals surface area contributed by atoms with Crippen LogP contribution in [0.3, 0.4) is 0 Å². The van der Waals surface area contributed by atoms with Crippen LogP contribution in [-0.4, -0.2) is 22.2 Å². The highest BCUT2D eigenvalue weighted by Crippen LogP contribution is 2.43. The number of fused-ring (bicyclic) bond motifs is 1. The fourth-order valence-corrected chi connectivity index (χ4v) is 2.23. The van der Waals surface area contributed by atoms with Gasteiger partial charge in [-0.3, -0.25) is 0 Å². The molecule has 1 atom stereocenters. The van der Waals surface area contributed by atoms with E-state index in [0.29, 0.717) is 23.6 Å². The van der Waals surface area contributed by atoms with Gasteiger partial charge in [-0.25, -0.2) is 9.97 Å². The maximum atomic E-state index is 13.0. The molecular formula is C14H9F2N3O4. The molecule has 2 aliphatic rings. The second kappa shape index (κ2) is 5.04. The summed E-state index contributed by atoms with van der Waals surface area (Å²) in [5.41, 5.74) is 0.622. The molecule has 9 heteroatoms. The summed E-state index contributed by atoms with van der Waals surface area (Å²) in [6, 6.07) is 4.45. The smallest absolute Gasteiger partial charge is 0.436 e. The number of halogens is 2. The van der Waals surface area contributed by atoms with Crippen molar-refractivity contribution < 1.29 is 27.8 Å². The molecular weight excluding hydrogens is 312 g/mol. The molecule has 0 fully saturated rings. The summed E-state index contributed by atoms with van der Waals surface area (Å²) in [6.45, 7) is 0. The Balaban J connectivity index is 1.46. The zero-order valence-corrected chi connectivity index (χ0v) is 11.5. The topological polar surface area (TPSA) is 75.1 Å². The summed E-state index contributed by atoms with van der Waals surface area (Å²) in [5, 5.41) is 3.83. The Hall–Kier alpha value is -2.97. The fraction of sp³-hybridized carbons (Fsp3) is 0.214. The van der Waals surface area contributed by atoms with Gasteiger partial charge in [0, 0.05) is 0 Å². The van der Waals surface area contributed by atoms with Crippen LogP contribution in [-0.2, 0) is 4.84 Å². The van der Waals surface area contributed by atoms with E-state index in [1.165, 1.54) is 30.9 Å². The lowest BCUT2D eigenvalue weighted by Gasteiger charge is -2.08. The standard InChI is InChI=1S/C14H9F2N3O4/c15-14(16)21-10-2-1-8(3-12(10)22-14)11-4-13(19-23-11)20-9-5-17-7-18-6-9/h1-3,5-7,11H,4H2. The Kier molecular flexibility index (Phi) is 3.00. The second-order valence-electron chi connectivity index (χ2n) is 4.83. The van der Waals surface area contributed by atoms with Crippen LogP contribution >= 0.6 is 0 Å². The maximum Gasteiger partial charge on any atom is 0.586 e. The molecule has 2 aromatic rings. The van der Waals surface area contributed by atoms with E-state index in [1.807, 2.05) is 0 Å². The zero-order chi connectivity index (χ0) is 15.9. The van der Waals surface area contributed by atoms with Crippen LogP contribution in [0.15, 0.2) is 42.1 Å².